The van der Waals surface area contributed by atoms with Crippen molar-refractivity contribution in [3.63, 3.8) is 0 Å². The average Bonchev–Trinajstić information content (AvgIpc) is 3.10. The molecule has 1 aliphatic carbocycles. The minimum atomic E-state index is -0.780. The lowest BCUT2D eigenvalue weighted by Crippen LogP contribution is -2.44. The van der Waals surface area contributed by atoms with Gasteiger partial charge in [-0.3, -0.25) is 9.89 Å². The molecule has 0 unspecified atom stereocenters. The van der Waals surface area contributed by atoms with Crippen LogP contribution in [0.4, 0.5) is 0 Å². The number of aromatic nitrogens is 2. The zero-order valence-electron chi connectivity index (χ0n) is 13.8. The van der Waals surface area contributed by atoms with Gasteiger partial charge in [-0.15, -0.1) is 0 Å². The van der Waals surface area contributed by atoms with Crippen molar-refractivity contribution in [2.75, 3.05) is 13.7 Å². The van der Waals surface area contributed by atoms with Crippen molar-refractivity contribution in [2.24, 2.45) is 0 Å². The van der Waals surface area contributed by atoms with E-state index in [9.17, 15) is 9.90 Å². The third kappa shape index (κ3) is 3.59. The Bertz CT molecular complexity index is 688. The van der Waals surface area contributed by atoms with E-state index in [0.717, 1.165) is 43.4 Å². The normalized spacial score (nSPS) is 16.6. The Morgan fingerprint density at radius 3 is 2.67 bits per heavy atom. The fourth-order valence-electron chi connectivity index (χ4n) is 3.16. The Morgan fingerprint density at radius 2 is 2.00 bits per heavy atom. The van der Waals surface area contributed by atoms with E-state index in [4.69, 9.17) is 4.74 Å². The van der Waals surface area contributed by atoms with E-state index in [-0.39, 0.29) is 12.5 Å². The first-order valence-corrected chi connectivity index (χ1v) is 8.30. The van der Waals surface area contributed by atoms with E-state index < -0.39 is 5.60 Å². The van der Waals surface area contributed by atoms with Crippen LogP contribution in [0, 0.1) is 0 Å². The number of ether oxygens (including phenoxy) is 1. The number of aliphatic hydroxyl groups is 1. The minimum Gasteiger partial charge on any atom is -0.497 e. The summed E-state index contributed by atoms with van der Waals surface area (Å²) in [5.74, 6) is 0.525. The number of hydrogen-bond acceptors (Lipinski definition) is 4. The number of hydrogen-bond donors (Lipinski definition) is 3. The molecule has 3 N–H and O–H groups in total. The molecule has 3 rings (SSSR count). The number of aromatic amines is 1. The predicted molar refractivity (Wildman–Crippen MR) is 90.9 cm³/mol. The maximum atomic E-state index is 12.5. The van der Waals surface area contributed by atoms with Crippen LogP contribution in [0.3, 0.4) is 0 Å². The molecule has 1 heterocycles. The Balaban J connectivity index is 1.70. The van der Waals surface area contributed by atoms with Crippen molar-refractivity contribution in [1.29, 1.82) is 0 Å². The van der Waals surface area contributed by atoms with Crippen LogP contribution in [0.25, 0.3) is 11.3 Å². The number of benzene rings is 1. The molecule has 128 valence electrons. The summed E-state index contributed by atoms with van der Waals surface area (Å²) in [6.07, 6.45) is 6.16. The zero-order valence-corrected chi connectivity index (χ0v) is 13.8. The molecule has 0 radical (unpaired) electrons. The standard InChI is InChI=1S/C18H23N3O3/c1-24-14-7-5-13(6-8-14)16-15(11-20-21-16)17(22)19-12-18(23)9-3-2-4-10-18/h5-8,11,23H,2-4,9-10,12H2,1H3,(H,19,22)(H,20,21). The van der Waals surface area contributed by atoms with E-state index in [1.54, 1.807) is 7.11 Å². The number of rotatable bonds is 5. The summed E-state index contributed by atoms with van der Waals surface area (Å²) in [6, 6.07) is 7.42. The van der Waals surface area contributed by atoms with Crippen LogP contribution in [0.2, 0.25) is 0 Å². The first-order valence-electron chi connectivity index (χ1n) is 8.30. The van der Waals surface area contributed by atoms with Crippen molar-refractivity contribution in [3.8, 4) is 17.0 Å². The van der Waals surface area contributed by atoms with Crippen molar-refractivity contribution in [3.05, 3.63) is 36.0 Å². The van der Waals surface area contributed by atoms with Crippen molar-refractivity contribution >= 4 is 5.91 Å². The molecule has 0 bridgehead atoms. The highest BCUT2D eigenvalue weighted by atomic mass is 16.5. The third-order valence-corrected chi connectivity index (χ3v) is 4.62. The topological polar surface area (TPSA) is 87.2 Å². The van der Waals surface area contributed by atoms with Gasteiger partial charge in [-0.25, -0.2) is 0 Å². The molecule has 1 amide bonds. The van der Waals surface area contributed by atoms with Crippen molar-refractivity contribution < 1.29 is 14.6 Å². The first-order chi connectivity index (χ1) is 11.6. The van der Waals surface area contributed by atoms with E-state index in [0.29, 0.717) is 11.3 Å². The van der Waals surface area contributed by atoms with Gasteiger partial charge in [0.2, 0.25) is 0 Å². The van der Waals surface area contributed by atoms with Crippen LogP contribution in [-0.2, 0) is 0 Å². The lowest BCUT2D eigenvalue weighted by atomic mass is 9.85. The highest BCUT2D eigenvalue weighted by Gasteiger charge is 2.30. The Kier molecular flexibility index (Phi) is 4.85. The Labute approximate surface area is 141 Å². The summed E-state index contributed by atoms with van der Waals surface area (Å²) < 4.78 is 5.15. The number of nitrogens with zero attached hydrogens (tertiary/aromatic N) is 1. The summed E-state index contributed by atoms with van der Waals surface area (Å²) in [7, 11) is 1.61. The molecule has 1 aromatic heterocycles. The number of carbonyl (C=O) groups is 1. The van der Waals surface area contributed by atoms with E-state index in [2.05, 4.69) is 15.5 Å². The highest BCUT2D eigenvalue weighted by Crippen LogP contribution is 2.28. The summed E-state index contributed by atoms with van der Waals surface area (Å²) in [4.78, 5) is 12.5. The van der Waals surface area contributed by atoms with Crippen LogP contribution in [0.1, 0.15) is 42.5 Å². The average molecular weight is 329 g/mol. The van der Waals surface area contributed by atoms with Crippen LogP contribution in [0.5, 0.6) is 5.75 Å². The molecule has 1 aliphatic rings. The van der Waals surface area contributed by atoms with E-state index in [1.807, 2.05) is 24.3 Å². The van der Waals surface area contributed by atoms with Gasteiger partial charge in [-0.1, -0.05) is 19.3 Å². The van der Waals surface area contributed by atoms with Gasteiger partial charge in [0, 0.05) is 12.1 Å². The van der Waals surface area contributed by atoms with Crippen LogP contribution in [-0.4, -0.2) is 40.5 Å². The zero-order chi connectivity index (χ0) is 17.0. The summed E-state index contributed by atoms with van der Waals surface area (Å²) in [5, 5.41) is 20.2. The SMILES string of the molecule is COc1ccc(-c2[nH]ncc2C(=O)NCC2(O)CCCCC2)cc1. The lowest BCUT2D eigenvalue weighted by Gasteiger charge is -2.32. The maximum absolute atomic E-state index is 12.5. The predicted octanol–water partition coefficient (Wildman–Crippen LogP) is 2.51. The molecule has 1 saturated carbocycles. The van der Waals surface area contributed by atoms with Crippen molar-refractivity contribution in [2.45, 2.75) is 37.7 Å². The second-order valence-corrected chi connectivity index (χ2v) is 6.35. The third-order valence-electron chi connectivity index (χ3n) is 4.62. The molecule has 0 atom stereocenters. The fourth-order valence-corrected chi connectivity index (χ4v) is 3.16. The van der Waals surface area contributed by atoms with Gasteiger partial charge in [0.15, 0.2) is 0 Å². The van der Waals surface area contributed by atoms with Crippen LogP contribution in [0.15, 0.2) is 30.5 Å². The monoisotopic (exact) mass is 329 g/mol. The highest BCUT2D eigenvalue weighted by molar-refractivity contribution is 5.99. The van der Waals surface area contributed by atoms with Gasteiger partial charge in [-0.05, 0) is 37.1 Å². The molecule has 0 spiro atoms. The van der Waals surface area contributed by atoms with Gasteiger partial charge in [0.05, 0.1) is 30.2 Å². The molecular weight excluding hydrogens is 306 g/mol. The minimum absolute atomic E-state index is 0.228. The van der Waals surface area contributed by atoms with Gasteiger partial charge in [-0.2, -0.15) is 5.10 Å². The first kappa shape index (κ1) is 16.5. The van der Waals surface area contributed by atoms with Gasteiger partial charge < -0.3 is 15.2 Å². The van der Waals surface area contributed by atoms with E-state index >= 15 is 0 Å². The maximum Gasteiger partial charge on any atom is 0.255 e. The molecule has 0 saturated heterocycles. The number of amides is 1. The van der Waals surface area contributed by atoms with Gasteiger partial charge >= 0.3 is 0 Å². The second-order valence-electron chi connectivity index (χ2n) is 6.35. The molecule has 1 aromatic carbocycles. The quantitative estimate of drug-likeness (QED) is 0.786. The lowest BCUT2D eigenvalue weighted by molar-refractivity contribution is 0.00526. The molecule has 24 heavy (non-hydrogen) atoms. The molecule has 2 aromatic rings. The van der Waals surface area contributed by atoms with Crippen molar-refractivity contribution in [1.82, 2.24) is 15.5 Å². The molecule has 0 aliphatic heterocycles. The summed E-state index contributed by atoms with van der Waals surface area (Å²) in [5.41, 5.74) is 1.21. The molecule has 1 fully saturated rings. The fraction of sp³-hybridized carbons (Fsp3) is 0.444. The number of methoxy groups -OCH3 is 1. The number of nitrogens with one attached hydrogen (secondary N) is 2. The van der Waals surface area contributed by atoms with Gasteiger partial charge in [0.1, 0.15) is 5.75 Å². The van der Waals surface area contributed by atoms with Crippen LogP contribution >= 0.6 is 0 Å². The summed E-state index contributed by atoms with van der Waals surface area (Å²) in [6.45, 7) is 0.277. The smallest absolute Gasteiger partial charge is 0.255 e. The molecular formula is C18H23N3O3. The molecule has 6 heteroatoms. The Hall–Kier alpha value is -2.34. The van der Waals surface area contributed by atoms with Gasteiger partial charge in [0.25, 0.3) is 5.91 Å². The largest absolute Gasteiger partial charge is 0.497 e. The summed E-state index contributed by atoms with van der Waals surface area (Å²) >= 11 is 0. The van der Waals surface area contributed by atoms with Crippen LogP contribution < -0.4 is 10.1 Å². The number of carbonyl (C=O) groups excluding carboxylic acids is 1. The number of H-pyrrole nitrogens is 1. The Morgan fingerprint density at radius 1 is 1.29 bits per heavy atom. The van der Waals surface area contributed by atoms with E-state index in [1.165, 1.54) is 6.20 Å². The molecule has 6 nitrogen and oxygen atoms in total. The second kappa shape index (κ2) is 7.05.